The summed E-state index contributed by atoms with van der Waals surface area (Å²) in [6.07, 6.45) is 11.0. The zero-order chi connectivity index (χ0) is 30.9. The van der Waals surface area contributed by atoms with Gasteiger partial charge in [0, 0.05) is 20.3 Å². The Morgan fingerprint density at radius 3 is 1.34 bits per heavy atom. The van der Waals surface area contributed by atoms with Crippen LogP contribution >= 0.6 is 0 Å². The van der Waals surface area contributed by atoms with Gasteiger partial charge >= 0.3 is 0 Å². The highest BCUT2D eigenvalue weighted by Crippen LogP contribution is 2.27. The second kappa shape index (κ2) is 27.1. The van der Waals surface area contributed by atoms with Gasteiger partial charge in [0.2, 0.25) is 0 Å². The third-order valence-electron chi connectivity index (χ3n) is 6.56. The number of rotatable bonds is 15. The molecule has 236 valence electrons. The quantitative estimate of drug-likeness (QED) is 0.191. The minimum Gasteiger partial charge on any atom is -0.382 e. The summed E-state index contributed by atoms with van der Waals surface area (Å²) in [5.41, 5.74) is 1.11. The second-order valence-corrected chi connectivity index (χ2v) is 15.6. The van der Waals surface area contributed by atoms with Crippen LogP contribution in [0.4, 0.5) is 0 Å². The van der Waals surface area contributed by atoms with Gasteiger partial charge in [0.15, 0.2) is 0 Å². The molecular weight excluding hydrogens is 464 g/mol. The van der Waals surface area contributed by atoms with E-state index in [1.54, 1.807) is 7.11 Å². The zero-order valence-electron chi connectivity index (χ0n) is 30.4. The standard InChI is InChI=1S/2C10H22.C9H20O.C7H16O/c1-9(2)7-6-8-10(3,4)5;1-6-10(4,5)8-7-9(2)3;1-8(2)5-6-10-7-9(3)4;1-6(2)5-7(3)8-4/h2*9H,6-8H2,1-5H3;8-9H,5-7H2,1-4H3;6-7H,5H2,1-4H3/t;;;7-/m...1/s1. The van der Waals surface area contributed by atoms with Gasteiger partial charge < -0.3 is 9.47 Å². The SMILES string of the molecule is CC(C)CCCC(C)(C)C.CC(C)CCOCC(C)C.CCC(C)(C)CCC(C)C.CO[C@H](C)CC(C)C. The van der Waals surface area contributed by atoms with Crippen molar-refractivity contribution in [2.45, 2.75) is 175 Å². The van der Waals surface area contributed by atoms with Crippen molar-refractivity contribution < 1.29 is 9.47 Å². The molecule has 38 heavy (non-hydrogen) atoms. The fraction of sp³-hybridized carbons (Fsp3) is 1.00. The van der Waals surface area contributed by atoms with Crippen LogP contribution in [-0.4, -0.2) is 26.4 Å². The van der Waals surface area contributed by atoms with E-state index in [2.05, 4.69) is 118 Å². The molecule has 0 aliphatic carbocycles. The summed E-state index contributed by atoms with van der Waals surface area (Å²) in [5.74, 6) is 3.94. The highest BCUT2D eigenvalue weighted by molar-refractivity contribution is 4.66. The summed E-state index contributed by atoms with van der Waals surface area (Å²) in [7, 11) is 1.76. The van der Waals surface area contributed by atoms with E-state index in [4.69, 9.17) is 9.47 Å². The lowest BCUT2D eigenvalue weighted by Gasteiger charge is -2.23. The Morgan fingerprint density at radius 2 is 1.05 bits per heavy atom. The molecule has 0 spiro atoms. The van der Waals surface area contributed by atoms with Crippen molar-refractivity contribution in [1.29, 1.82) is 0 Å². The van der Waals surface area contributed by atoms with Gasteiger partial charge in [-0.05, 0) is 73.0 Å². The molecule has 0 aromatic rings. The van der Waals surface area contributed by atoms with E-state index >= 15 is 0 Å². The Hall–Kier alpha value is -0.0800. The molecule has 0 saturated heterocycles. The van der Waals surface area contributed by atoms with Crippen LogP contribution in [0.5, 0.6) is 0 Å². The molecule has 0 unspecified atom stereocenters. The van der Waals surface area contributed by atoms with Crippen LogP contribution in [0.2, 0.25) is 0 Å². The minimum atomic E-state index is 0.426. The van der Waals surface area contributed by atoms with Gasteiger partial charge in [-0.2, -0.15) is 0 Å². The maximum Gasteiger partial charge on any atom is 0.0545 e. The van der Waals surface area contributed by atoms with Gasteiger partial charge in [0.1, 0.15) is 0 Å². The maximum absolute atomic E-state index is 5.41. The summed E-state index contributed by atoms with van der Waals surface area (Å²) in [6.45, 7) is 40.2. The first-order valence-electron chi connectivity index (χ1n) is 16.3. The summed E-state index contributed by atoms with van der Waals surface area (Å²) >= 11 is 0. The van der Waals surface area contributed by atoms with Crippen LogP contribution in [-0.2, 0) is 9.47 Å². The number of methoxy groups -OCH3 is 1. The fourth-order valence-electron chi connectivity index (χ4n) is 3.29. The Balaban J connectivity index is -0.000000204. The molecule has 2 heteroatoms. The molecule has 0 rings (SSSR count). The number of hydrogen-bond donors (Lipinski definition) is 0. The lowest BCUT2D eigenvalue weighted by Crippen LogP contribution is -2.10. The molecule has 2 nitrogen and oxygen atoms in total. The molecule has 0 aromatic heterocycles. The van der Waals surface area contributed by atoms with Crippen molar-refractivity contribution in [3.8, 4) is 0 Å². The Bertz CT molecular complexity index is 431. The first-order valence-corrected chi connectivity index (χ1v) is 16.3. The Kier molecular flexibility index (Phi) is 32.0. The van der Waals surface area contributed by atoms with Gasteiger partial charge in [0.05, 0.1) is 6.10 Å². The van der Waals surface area contributed by atoms with Crippen molar-refractivity contribution in [2.24, 2.45) is 40.4 Å². The fourth-order valence-corrected chi connectivity index (χ4v) is 3.29. The topological polar surface area (TPSA) is 18.5 Å². The smallest absolute Gasteiger partial charge is 0.0545 e. The maximum atomic E-state index is 5.41. The molecule has 0 saturated carbocycles. The Morgan fingerprint density at radius 1 is 0.579 bits per heavy atom. The van der Waals surface area contributed by atoms with Gasteiger partial charge in [0.25, 0.3) is 0 Å². The van der Waals surface area contributed by atoms with Crippen molar-refractivity contribution in [3.05, 3.63) is 0 Å². The molecule has 0 fully saturated rings. The second-order valence-electron chi connectivity index (χ2n) is 15.6. The first kappa shape index (κ1) is 44.9. The molecule has 0 N–H and O–H groups in total. The molecule has 0 amide bonds. The molecule has 0 radical (unpaired) electrons. The average molecular weight is 545 g/mol. The van der Waals surface area contributed by atoms with E-state index < -0.39 is 0 Å². The van der Waals surface area contributed by atoms with Crippen LogP contribution in [0.3, 0.4) is 0 Å². The van der Waals surface area contributed by atoms with Gasteiger partial charge in [-0.1, -0.05) is 136 Å². The summed E-state index contributed by atoms with van der Waals surface area (Å²) in [4.78, 5) is 0. The van der Waals surface area contributed by atoms with E-state index in [1.165, 1.54) is 44.9 Å². The minimum absolute atomic E-state index is 0.426. The number of ether oxygens (including phenoxy) is 2. The average Bonchev–Trinajstić information content (AvgIpc) is 2.75. The molecule has 0 aromatic carbocycles. The van der Waals surface area contributed by atoms with Crippen molar-refractivity contribution >= 4 is 0 Å². The van der Waals surface area contributed by atoms with E-state index in [-0.39, 0.29) is 0 Å². The van der Waals surface area contributed by atoms with Crippen LogP contribution in [0, 0.1) is 40.4 Å². The van der Waals surface area contributed by atoms with Crippen LogP contribution in [0.1, 0.15) is 169 Å². The van der Waals surface area contributed by atoms with Crippen LogP contribution < -0.4 is 0 Å². The lowest BCUT2D eigenvalue weighted by atomic mass is 9.83. The van der Waals surface area contributed by atoms with Crippen LogP contribution in [0.15, 0.2) is 0 Å². The first-order chi connectivity index (χ1) is 17.2. The van der Waals surface area contributed by atoms with Gasteiger partial charge in [-0.25, -0.2) is 0 Å². The highest BCUT2D eigenvalue weighted by atomic mass is 16.5. The summed E-state index contributed by atoms with van der Waals surface area (Å²) in [5, 5.41) is 0. The molecular formula is C36H80O2. The van der Waals surface area contributed by atoms with E-state index in [1.807, 2.05) is 0 Å². The van der Waals surface area contributed by atoms with Crippen molar-refractivity contribution in [2.75, 3.05) is 20.3 Å². The summed E-state index contributed by atoms with van der Waals surface area (Å²) in [6, 6.07) is 0. The van der Waals surface area contributed by atoms with Crippen molar-refractivity contribution in [3.63, 3.8) is 0 Å². The highest BCUT2D eigenvalue weighted by Gasteiger charge is 2.14. The summed E-state index contributed by atoms with van der Waals surface area (Å²) < 4.78 is 10.5. The molecule has 0 aliphatic heterocycles. The molecule has 1 atom stereocenters. The monoisotopic (exact) mass is 545 g/mol. The Labute approximate surface area is 245 Å². The number of hydrogen-bond acceptors (Lipinski definition) is 2. The normalized spacial score (nSPS) is 12.7. The predicted molar refractivity (Wildman–Crippen MR) is 177 cm³/mol. The van der Waals surface area contributed by atoms with E-state index in [9.17, 15) is 0 Å². The van der Waals surface area contributed by atoms with Gasteiger partial charge in [-0.3, -0.25) is 0 Å². The van der Waals surface area contributed by atoms with Gasteiger partial charge in [-0.15, -0.1) is 0 Å². The molecule has 0 bridgehead atoms. The predicted octanol–water partition coefficient (Wildman–Crippen LogP) is 12.5. The third-order valence-corrected chi connectivity index (χ3v) is 6.56. The van der Waals surface area contributed by atoms with Crippen LogP contribution in [0.25, 0.3) is 0 Å². The van der Waals surface area contributed by atoms with E-state index in [0.29, 0.717) is 22.9 Å². The largest absolute Gasteiger partial charge is 0.382 e. The molecule has 0 aliphatic rings. The lowest BCUT2D eigenvalue weighted by molar-refractivity contribution is 0.0997. The van der Waals surface area contributed by atoms with Crippen molar-refractivity contribution in [1.82, 2.24) is 0 Å². The zero-order valence-corrected chi connectivity index (χ0v) is 30.4. The van der Waals surface area contributed by atoms with E-state index in [0.717, 1.165) is 43.3 Å². The third kappa shape index (κ3) is 52.4. The molecule has 0 heterocycles.